The van der Waals surface area contributed by atoms with Crippen LogP contribution in [0.3, 0.4) is 0 Å². The Morgan fingerprint density at radius 2 is 2.05 bits per heavy atom. The minimum Gasteiger partial charge on any atom is -0.433 e. The van der Waals surface area contributed by atoms with Gasteiger partial charge in [0.05, 0.1) is 11.8 Å². The van der Waals surface area contributed by atoms with E-state index in [1.54, 1.807) is 19.1 Å². The average molecular weight is 313 g/mol. The van der Waals surface area contributed by atoms with E-state index in [2.05, 4.69) is 10.1 Å². The van der Waals surface area contributed by atoms with Crippen molar-refractivity contribution in [2.24, 2.45) is 0 Å². The summed E-state index contributed by atoms with van der Waals surface area (Å²) in [6, 6.07) is 4.72. The minimum absolute atomic E-state index is 0.0407. The van der Waals surface area contributed by atoms with Gasteiger partial charge in [0.15, 0.2) is 0 Å². The Labute approximate surface area is 128 Å². The molecule has 6 heteroatoms. The number of anilines is 1. The molecule has 0 saturated heterocycles. The first kappa shape index (κ1) is 16.7. The summed E-state index contributed by atoms with van der Waals surface area (Å²) in [5.74, 6) is -0.403. The highest BCUT2D eigenvalue weighted by Crippen LogP contribution is 2.29. The minimum atomic E-state index is -2.93. The van der Waals surface area contributed by atoms with Gasteiger partial charge in [-0.05, 0) is 31.4 Å². The summed E-state index contributed by atoms with van der Waals surface area (Å²) in [4.78, 5) is 12.0. The molecule has 0 aromatic heterocycles. The lowest BCUT2D eigenvalue weighted by molar-refractivity contribution is -0.123. The number of aryl methyl sites for hydroxylation is 1. The number of halogens is 2. The molecular formula is C16H21F2NO3. The maximum atomic E-state index is 12.4. The lowest BCUT2D eigenvalue weighted by Gasteiger charge is -2.22. The molecule has 0 unspecified atom stereocenters. The Kier molecular flexibility index (Phi) is 6.12. The highest BCUT2D eigenvalue weighted by Gasteiger charge is 2.17. The van der Waals surface area contributed by atoms with Crippen LogP contribution in [0.5, 0.6) is 5.75 Å². The second kappa shape index (κ2) is 8.08. The van der Waals surface area contributed by atoms with E-state index >= 15 is 0 Å². The van der Waals surface area contributed by atoms with Crippen molar-refractivity contribution in [3.8, 4) is 5.75 Å². The zero-order valence-corrected chi connectivity index (χ0v) is 12.6. The Balaban J connectivity index is 1.92. The maximum Gasteiger partial charge on any atom is 0.387 e. The molecule has 1 saturated carbocycles. The molecule has 0 radical (unpaired) electrons. The molecule has 0 heterocycles. The molecular weight excluding hydrogens is 292 g/mol. The van der Waals surface area contributed by atoms with Gasteiger partial charge in [0.2, 0.25) is 5.91 Å². The molecule has 1 aliphatic rings. The number of nitrogens with one attached hydrogen (secondary N) is 1. The molecule has 1 amide bonds. The first-order chi connectivity index (χ1) is 10.6. The van der Waals surface area contributed by atoms with E-state index in [4.69, 9.17) is 4.74 Å². The summed E-state index contributed by atoms with van der Waals surface area (Å²) in [6.07, 6.45) is 5.51. The molecule has 0 atom stereocenters. The summed E-state index contributed by atoms with van der Waals surface area (Å²) in [6.45, 7) is -1.29. The van der Waals surface area contributed by atoms with E-state index in [0.29, 0.717) is 5.56 Å². The molecule has 4 nitrogen and oxygen atoms in total. The van der Waals surface area contributed by atoms with Gasteiger partial charge in [0, 0.05) is 0 Å². The largest absolute Gasteiger partial charge is 0.433 e. The van der Waals surface area contributed by atoms with Gasteiger partial charge >= 0.3 is 6.61 Å². The van der Waals surface area contributed by atoms with Crippen LogP contribution in [0.2, 0.25) is 0 Å². The Morgan fingerprint density at radius 3 is 2.73 bits per heavy atom. The number of alkyl halides is 2. The monoisotopic (exact) mass is 313 g/mol. The highest BCUT2D eigenvalue weighted by atomic mass is 19.3. The third-order valence-corrected chi connectivity index (χ3v) is 3.72. The van der Waals surface area contributed by atoms with Crippen molar-refractivity contribution < 1.29 is 23.0 Å². The molecule has 1 aromatic rings. The molecule has 0 bridgehead atoms. The van der Waals surface area contributed by atoms with Crippen LogP contribution in [-0.2, 0) is 9.53 Å². The normalized spacial score (nSPS) is 15.8. The zero-order valence-electron chi connectivity index (χ0n) is 12.6. The van der Waals surface area contributed by atoms with Gasteiger partial charge in [-0.1, -0.05) is 31.4 Å². The predicted molar refractivity (Wildman–Crippen MR) is 79.3 cm³/mol. The van der Waals surface area contributed by atoms with Crippen LogP contribution < -0.4 is 10.1 Å². The fourth-order valence-corrected chi connectivity index (χ4v) is 2.60. The average Bonchev–Trinajstić information content (AvgIpc) is 2.49. The molecule has 0 spiro atoms. The van der Waals surface area contributed by atoms with Crippen molar-refractivity contribution in [3.63, 3.8) is 0 Å². The van der Waals surface area contributed by atoms with Gasteiger partial charge in [-0.15, -0.1) is 0 Å². The second-order valence-corrected chi connectivity index (χ2v) is 5.45. The number of hydrogen-bond acceptors (Lipinski definition) is 3. The van der Waals surface area contributed by atoms with E-state index in [1.165, 1.54) is 12.5 Å². The topological polar surface area (TPSA) is 47.6 Å². The van der Waals surface area contributed by atoms with Gasteiger partial charge in [-0.2, -0.15) is 8.78 Å². The summed E-state index contributed by atoms with van der Waals surface area (Å²) in [7, 11) is 0. The smallest absolute Gasteiger partial charge is 0.387 e. The third-order valence-electron chi connectivity index (χ3n) is 3.72. The van der Waals surface area contributed by atoms with Gasteiger partial charge in [-0.25, -0.2) is 0 Å². The Hall–Kier alpha value is -1.69. The Bertz CT molecular complexity index is 502. The van der Waals surface area contributed by atoms with E-state index in [1.807, 2.05) is 0 Å². The molecule has 1 N–H and O–H groups in total. The standard InChI is InChI=1S/C16H21F2NO3/c1-11-6-5-9-13(22-16(17)18)15(11)19-14(20)10-21-12-7-3-2-4-8-12/h5-6,9,12,16H,2-4,7-8,10H2,1H3,(H,19,20). The van der Waals surface area contributed by atoms with Gasteiger partial charge in [0.1, 0.15) is 12.4 Å². The van der Waals surface area contributed by atoms with Crippen molar-refractivity contribution in [2.45, 2.75) is 51.7 Å². The molecule has 1 fully saturated rings. The van der Waals surface area contributed by atoms with Crippen molar-refractivity contribution in [1.82, 2.24) is 0 Å². The summed E-state index contributed by atoms with van der Waals surface area (Å²) in [5, 5.41) is 2.60. The number of para-hydroxylation sites is 1. The number of carbonyl (C=O) groups excluding carboxylic acids is 1. The summed E-state index contributed by atoms with van der Waals surface area (Å²) in [5.41, 5.74) is 0.921. The number of amides is 1. The molecule has 122 valence electrons. The van der Waals surface area contributed by atoms with E-state index in [9.17, 15) is 13.6 Å². The number of benzene rings is 1. The van der Waals surface area contributed by atoms with E-state index < -0.39 is 6.61 Å². The number of hydrogen-bond donors (Lipinski definition) is 1. The van der Waals surface area contributed by atoms with Crippen molar-refractivity contribution in [3.05, 3.63) is 23.8 Å². The van der Waals surface area contributed by atoms with Crippen molar-refractivity contribution in [2.75, 3.05) is 11.9 Å². The first-order valence-corrected chi connectivity index (χ1v) is 7.52. The van der Waals surface area contributed by atoms with Crippen LogP contribution >= 0.6 is 0 Å². The van der Waals surface area contributed by atoms with Crippen LogP contribution in [0.1, 0.15) is 37.7 Å². The predicted octanol–water partition coefficient (Wildman–Crippen LogP) is 3.88. The number of carbonyl (C=O) groups is 1. The van der Waals surface area contributed by atoms with Crippen LogP contribution in [0.25, 0.3) is 0 Å². The molecule has 2 rings (SSSR count). The highest BCUT2D eigenvalue weighted by molar-refractivity contribution is 5.94. The van der Waals surface area contributed by atoms with E-state index in [0.717, 1.165) is 25.7 Å². The number of ether oxygens (including phenoxy) is 2. The second-order valence-electron chi connectivity index (χ2n) is 5.45. The molecule has 1 aromatic carbocycles. The zero-order chi connectivity index (χ0) is 15.9. The summed E-state index contributed by atoms with van der Waals surface area (Å²) >= 11 is 0. The fourth-order valence-electron chi connectivity index (χ4n) is 2.60. The molecule has 22 heavy (non-hydrogen) atoms. The van der Waals surface area contributed by atoms with Crippen molar-refractivity contribution in [1.29, 1.82) is 0 Å². The lowest BCUT2D eigenvalue weighted by Crippen LogP contribution is -2.25. The first-order valence-electron chi connectivity index (χ1n) is 7.52. The molecule has 1 aliphatic carbocycles. The SMILES string of the molecule is Cc1cccc(OC(F)F)c1NC(=O)COC1CCCCC1. The van der Waals surface area contributed by atoms with Crippen LogP contribution in [0, 0.1) is 6.92 Å². The summed E-state index contributed by atoms with van der Waals surface area (Å²) < 4.78 is 34.8. The van der Waals surface area contributed by atoms with Crippen molar-refractivity contribution >= 4 is 11.6 Å². The lowest BCUT2D eigenvalue weighted by atomic mass is 9.98. The van der Waals surface area contributed by atoms with Crippen LogP contribution in [0.15, 0.2) is 18.2 Å². The van der Waals surface area contributed by atoms with Crippen LogP contribution in [-0.4, -0.2) is 25.2 Å². The quantitative estimate of drug-likeness (QED) is 0.867. The fraction of sp³-hybridized carbons (Fsp3) is 0.562. The third kappa shape index (κ3) is 4.94. The molecule has 0 aliphatic heterocycles. The van der Waals surface area contributed by atoms with Crippen LogP contribution in [0.4, 0.5) is 14.5 Å². The number of rotatable bonds is 6. The van der Waals surface area contributed by atoms with Gasteiger partial charge in [-0.3, -0.25) is 4.79 Å². The van der Waals surface area contributed by atoms with Gasteiger partial charge in [0.25, 0.3) is 0 Å². The maximum absolute atomic E-state index is 12.4. The van der Waals surface area contributed by atoms with Gasteiger partial charge < -0.3 is 14.8 Å². The van der Waals surface area contributed by atoms with E-state index in [-0.39, 0.29) is 30.1 Å². The Morgan fingerprint density at radius 1 is 1.32 bits per heavy atom.